The average Bonchev–Trinajstić information content (AvgIpc) is 3.34. The maximum Gasteiger partial charge on any atom is 0.0645 e. The average molecular weight is 754 g/mol. The zero-order valence-corrected chi connectivity index (χ0v) is 32.2. The van der Waals surface area contributed by atoms with E-state index in [0.29, 0.717) is 5.56 Å². The number of anilines is 3. The lowest BCUT2D eigenvalue weighted by molar-refractivity contribution is 1.30. The molecule has 0 amide bonds. The van der Waals surface area contributed by atoms with Gasteiger partial charge in [-0.25, -0.2) is 0 Å². The lowest BCUT2D eigenvalue weighted by Crippen LogP contribution is -2.10. The Morgan fingerprint density at radius 2 is 0.797 bits per heavy atom. The highest BCUT2D eigenvalue weighted by Crippen LogP contribution is 2.46. The van der Waals surface area contributed by atoms with Crippen LogP contribution in [0.15, 0.2) is 236 Å². The summed E-state index contributed by atoms with van der Waals surface area (Å²) in [5.74, 6) is 0. The summed E-state index contributed by atoms with van der Waals surface area (Å²) in [5.41, 5.74) is 9.40. The first-order chi connectivity index (χ1) is 31.0. The number of nitrogens with zero attached hydrogens (tertiary/aromatic N) is 1. The molecule has 1 heteroatoms. The van der Waals surface area contributed by atoms with Gasteiger partial charge in [-0.05, 0) is 119 Å². The third-order valence-corrected chi connectivity index (χ3v) is 11.5. The van der Waals surface area contributed by atoms with Gasteiger partial charge in [0.1, 0.15) is 0 Å². The van der Waals surface area contributed by atoms with Gasteiger partial charge in [-0.1, -0.05) is 200 Å². The maximum atomic E-state index is 9.62. The molecule has 11 aromatic rings. The second-order valence-electron chi connectivity index (χ2n) is 14.9. The Hall–Kier alpha value is -7.74. The molecule has 0 saturated carbocycles. The van der Waals surface area contributed by atoms with Crippen LogP contribution in [-0.2, 0) is 0 Å². The van der Waals surface area contributed by atoms with E-state index in [-0.39, 0.29) is 35.4 Å². The van der Waals surface area contributed by atoms with Gasteiger partial charge in [0.2, 0.25) is 0 Å². The molecule has 0 aliphatic rings. The summed E-state index contributed by atoms with van der Waals surface area (Å²) in [7, 11) is 0. The minimum atomic E-state index is -0.111. The molecule has 0 aliphatic heterocycles. The van der Waals surface area contributed by atoms with Crippen LogP contribution >= 0.6 is 0 Å². The van der Waals surface area contributed by atoms with E-state index in [9.17, 15) is 5.48 Å². The van der Waals surface area contributed by atoms with Crippen molar-refractivity contribution in [3.63, 3.8) is 0 Å². The van der Waals surface area contributed by atoms with E-state index in [2.05, 4.69) is 127 Å². The molecule has 0 radical (unpaired) electrons. The monoisotopic (exact) mass is 753 g/mol. The first-order valence-electron chi connectivity index (χ1n) is 22.0. The predicted molar refractivity (Wildman–Crippen MR) is 253 cm³/mol. The maximum absolute atomic E-state index is 9.62. The van der Waals surface area contributed by atoms with Crippen LogP contribution in [0.4, 0.5) is 17.1 Å². The van der Waals surface area contributed by atoms with Crippen LogP contribution in [0.5, 0.6) is 0 Å². The molecule has 0 bridgehead atoms. The fraction of sp³-hybridized carbons (Fsp3) is 0. The van der Waals surface area contributed by atoms with Crippen LogP contribution < -0.4 is 4.90 Å². The van der Waals surface area contributed by atoms with Crippen molar-refractivity contribution in [3.05, 3.63) is 236 Å². The molecule has 1 nitrogen and oxygen atoms in total. The van der Waals surface area contributed by atoms with E-state index >= 15 is 0 Å². The Kier molecular flexibility index (Phi) is 7.55. The summed E-state index contributed by atoms with van der Waals surface area (Å²) in [6, 6.07) is 72.3. The van der Waals surface area contributed by atoms with Gasteiger partial charge in [0.25, 0.3) is 0 Å². The molecule has 11 aromatic carbocycles. The Morgan fingerprint density at radius 1 is 0.288 bits per heavy atom. The van der Waals surface area contributed by atoms with Crippen LogP contribution in [0.3, 0.4) is 0 Å². The lowest BCUT2D eigenvalue weighted by atomic mass is 9.84. The van der Waals surface area contributed by atoms with E-state index < -0.39 is 0 Å². The van der Waals surface area contributed by atoms with E-state index in [1.165, 1.54) is 27.3 Å². The van der Waals surface area contributed by atoms with Crippen LogP contribution in [0.2, 0.25) is 0 Å². The van der Waals surface area contributed by atoms with E-state index in [1.54, 1.807) is 0 Å². The fourth-order valence-electron chi connectivity index (χ4n) is 8.77. The predicted octanol–water partition coefficient (Wildman–Crippen LogP) is 16.4. The van der Waals surface area contributed by atoms with Gasteiger partial charge in [-0.15, -0.1) is 0 Å². The highest BCUT2D eigenvalue weighted by Gasteiger charge is 2.19. The van der Waals surface area contributed by atoms with Crippen molar-refractivity contribution >= 4 is 60.2 Å². The Labute approximate surface area is 350 Å². The van der Waals surface area contributed by atoms with Crippen molar-refractivity contribution in [2.24, 2.45) is 0 Å². The van der Waals surface area contributed by atoms with Gasteiger partial charge >= 0.3 is 0 Å². The summed E-state index contributed by atoms with van der Waals surface area (Å²) in [6.07, 6.45) is 0. The summed E-state index contributed by atoms with van der Waals surface area (Å²) in [6.45, 7) is 0. The molecule has 0 atom stereocenters. The number of hydrogen-bond acceptors (Lipinski definition) is 1. The topological polar surface area (TPSA) is 3.24 Å². The highest BCUT2D eigenvalue weighted by molar-refractivity contribution is 6.22. The van der Waals surface area contributed by atoms with E-state index in [0.717, 1.165) is 60.6 Å². The number of rotatable bonds is 7. The smallest absolute Gasteiger partial charge is 0.0645 e. The normalized spacial score (nSPS) is 12.3. The van der Waals surface area contributed by atoms with Crippen molar-refractivity contribution in [2.75, 3.05) is 4.90 Å². The summed E-state index contributed by atoms with van der Waals surface area (Å²) in [4.78, 5) is 1.89. The SMILES string of the molecule is [2H]c1c([2H])c(N(c2ccc(-c3ccc4c(c3)c(-c3ccccc3)c(-c3ccccc3)c3ccccc34)cc2)c2cccc3ccccc23)c([2H])c([2H])c1-c1cccc2ccccc12. The number of hydrogen-bond donors (Lipinski definition) is 0. The Morgan fingerprint density at radius 3 is 1.49 bits per heavy atom. The van der Waals surface area contributed by atoms with Gasteiger partial charge < -0.3 is 4.90 Å². The van der Waals surface area contributed by atoms with Gasteiger partial charge in [0.05, 0.1) is 11.2 Å². The van der Waals surface area contributed by atoms with Gasteiger partial charge in [0, 0.05) is 16.8 Å². The van der Waals surface area contributed by atoms with E-state index in [1.807, 2.05) is 89.8 Å². The van der Waals surface area contributed by atoms with Crippen molar-refractivity contribution in [1.29, 1.82) is 0 Å². The van der Waals surface area contributed by atoms with Crippen molar-refractivity contribution in [3.8, 4) is 44.5 Å². The third-order valence-electron chi connectivity index (χ3n) is 11.5. The molecule has 0 fully saturated rings. The number of fused-ring (bicyclic) bond motifs is 5. The Balaban J connectivity index is 1.10. The first-order valence-corrected chi connectivity index (χ1v) is 20.0. The standard InChI is InChI=1S/C58H39N/c1-3-17-44(18-4-1)57-54-26-12-11-25-52(54)53-38-33-46(39-55(53)58(57)45-19-5-2-6-20-45)40-29-34-47(35-30-40)59(56-28-14-22-42-16-8-10-24-51(42)56)48-36-31-43(32-37-48)50-27-13-21-41-15-7-9-23-49(41)50/h1-39H/i31D,32D,36D,37D. The summed E-state index contributed by atoms with van der Waals surface area (Å²) in [5, 5.41) is 8.54. The van der Waals surface area contributed by atoms with Crippen molar-refractivity contribution in [1.82, 2.24) is 0 Å². The third kappa shape index (κ3) is 6.12. The second kappa shape index (κ2) is 14.6. The van der Waals surface area contributed by atoms with Crippen molar-refractivity contribution in [2.45, 2.75) is 0 Å². The summed E-state index contributed by atoms with van der Waals surface area (Å²) >= 11 is 0. The minimum absolute atomic E-state index is 0.0861. The first kappa shape index (κ1) is 30.4. The number of benzene rings is 11. The molecule has 11 rings (SSSR count). The minimum Gasteiger partial charge on any atom is -0.310 e. The van der Waals surface area contributed by atoms with Gasteiger partial charge in [-0.2, -0.15) is 0 Å². The molecule has 59 heavy (non-hydrogen) atoms. The quantitative estimate of drug-likeness (QED) is 0.147. The summed E-state index contributed by atoms with van der Waals surface area (Å²) < 4.78 is 38.2. The van der Waals surface area contributed by atoms with Crippen molar-refractivity contribution < 1.29 is 5.48 Å². The molecule has 0 saturated heterocycles. The molecule has 0 N–H and O–H groups in total. The van der Waals surface area contributed by atoms with Gasteiger partial charge in [-0.3, -0.25) is 0 Å². The zero-order chi connectivity index (χ0) is 42.6. The van der Waals surface area contributed by atoms with Crippen LogP contribution in [0.25, 0.3) is 87.6 Å². The Bertz CT molecular complexity index is 3510. The fourth-order valence-corrected chi connectivity index (χ4v) is 8.77. The molecule has 276 valence electrons. The second-order valence-corrected chi connectivity index (χ2v) is 14.9. The molecule has 0 heterocycles. The van der Waals surface area contributed by atoms with E-state index in [4.69, 9.17) is 0 Å². The van der Waals surface area contributed by atoms with Crippen LogP contribution in [-0.4, -0.2) is 0 Å². The largest absolute Gasteiger partial charge is 0.310 e. The molecule has 0 spiro atoms. The van der Waals surface area contributed by atoms with Crippen LogP contribution in [0, 0.1) is 0 Å². The highest BCUT2D eigenvalue weighted by atomic mass is 15.1. The van der Waals surface area contributed by atoms with Gasteiger partial charge in [0.15, 0.2) is 0 Å². The van der Waals surface area contributed by atoms with Crippen LogP contribution in [0.1, 0.15) is 5.48 Å². The lowest BCUT2D eigenvalue weighted by Gasteiger charge is -2.27. The molecular weight excluding hydrogens is 711 g/mol. The molecule has 0 aliphatic carbocycles. The molecule has 0 unspecified atom stereocenters. The molecular formula is C58H39N. The zero-order valence-electron chi connectivity index (χ0n) is 36.2. The molecule has 0 aromatic heterocycles.